The molecule has 0 aliphatic carbocycles. The lowest BCUT2D eigenvalue weighted by Gasteiger charge is -2.10. The van der Waals surface area contributed by atoms with Gasteiger partial charge in [0.05, 0.1) is 10.6 Å². The molecule has 0 saturated heterocycles. The largest absolute Gasteiger partial charge is 0.389 e. The van der Waals surface area contributed by atoms with E-state index in [9.17, 15) is 8.42 Å². The lowest BCUT2D eigenvalue weighted by molar-refractivity contribution is 0.601. The monoisotopic (exact) mass is 370 g/mol. The molecule has 104 valence electrons. The van der Waals surface area contributed by atoms with Crippen LogP contribution < -0.4 is 10.5 Å². The zero-order valence-corrected chi connectivity index (χ0v) is 13.4. The molecule has 7 heteroatoms. The number of rotatable bonds is 4. The van der Waals surface area contributed by atoms with Crippen LogP contribution in [0.3, 0.4) is 0 Å². The normalized spacial score (nSPS) is 11.1. The smallest absolute Gasteiger partial charge is 0.261 e. The Morgan fingerprint density at radius 1 is 1.15 bits per heavy atom. The molecular formula is C13H11BrN2O2S2. The Bertz CT molecular complexity index is 746. The molecule has 0 unspecified atom stereocenters. The van der Waals surface area contributed by atoms with Crippen molar-refractivity contribution in [2.75, 3.05) is 4.72 Å². The van der Waals surface area contributed by atoms with Crippen molar-refractivity contribution in [3.05, 3.63) is 58.6 Å². The van der Waals surface area contributed by atoms with E-state index in [0.717, 1.165) is 0 Å². The minimum atomic E-state index is -3.61. The molecular weight excluding hydrogens is 360 g/mol. The van der Waals surface area contributed by atoms with Crippen LogP contribution in [0.5, 0.6) is 0 Å². The van der Waals surface area contributed by atoms with E-state index in [1.165, 1.54) is 12.1 Å². The second-order valence-corrected chi connectivity index (χ2v) is 6.95. The Balaban J connectivity index is 2.33. The van der Waals surface area contributed by atoms with E-state index in [0.29, 0.717) is 15.7 Å². The van der Waals surface area contributed by atoms with Crippen molar-refractivity contribution in [1.82, 2.24) is 0 Å². The summed E-state index contributed by atoms with van der Waals surface area (Å²) in [6.45, 7) is 0. The fraction of sp³-hybridized carbons (Fsp3) is 0. The molecule has 0 radical (unpaired) electrons. The number of halogens is 1. The fourth-order valence-corrected chi connectivity index (χ4v) is 3.39. The highest BCUT2D eigenvalue weighted by atomic mass is 79.9. The van der Waals surface area contributed by atoms with Gasteiger partial charge in [0.25, 0.3) is 10.0 Å². The summed E-state index contributed by atoms with van der Waals surface area (Å²) in [4.78, 5) is 0.452. The number of sulfonamides is 1. The molecule has 20 heavy (non-hydrogen) atoms. The molecule has 3 N–H and O–H groups in total. The zero-order chi connectivity index (χ0) is 14.8. The summed E-state index contributed by atoms with van der Waals surface area (Å²) in [5, 5.41) is 0. The average Bonchev–Trinajstić information content (AvgIpc) is 2.41. The lowest BCUT2D eigenvalue weighted by atomic mass is 10.2. The fourth-order valence-electron chi connectivity index (χ4n) is 1.55. The molecule has 0 heterocycles. The second kappa shape index (κ2) is 5.90. The maximum atomic E-state index is 12.2. The van der Waals surface area contributed by atoms with Crippen molar-refractivity contribution in [3.8, 4) is 0 Å². The highest BCUT2D eigenvalue weighted by Crippen LogP contribution is 2.26. The van der Waals surface area contributed by atoms with Crippen molar-refractivity contribution < 1.29 is 8.42 Å². The van der Waals surface area contributed by atoms with Gasteiger partial charge >= 0.3 is 0 Å². The number of anilines is 1. The van der Waals surface area contributed by atoms with Crippen LogP contribution in [0, 0.1) is 0 Å². The number of nitrogens with one attached hydrogen (secondary N) is 1. The van der Waals surface area contributed by atoms with Crippen LogP contribution >= 0.6 is 28.1 Å². The molecule has 0 aromatic heterocycles. The molecule has 0 bridgehead atoms. The van der Waals surface area contributed by atoms with Gasteiger partial charge in [0.1, 0.15) is 4.99 Å². The molecule has 0 aliphatic rings. The van der Waals surface area contributed by atoms with Crippen LogP contribution in [0.25, 0.3) is 0 Å². The van der Waals surface area contributed by atoms with Crippen LogP contribution in [-0.2, 0) is 10.0 Å². The second-order valence-electron chi connectivity index (χ2n) is 3.98. The Labute approximate surface area is 131 Å². The van der Waals surface area contributed by atoms with Gasteiger partial charge in [-0.25, -0.2) is 8.42 Å². The van der Waals surface area contributed by atoms with Gasteiger partial charge < -0.3 is 5.73 Å². The Morgan fingerprint density at radius 3 is 2.35 bits per heavy atom. The SMILES string of the molecule is NC(=S)c1ccc(NS(=O)(=O)c2ccccc2)c(Br)c1. The van der Waals surface area contributed by atoms with Crippen LogP contribution in [0.4, 0.5) is 5.69 Å². The van der Waals surface area contributed by atoms with Crippen molar-refractivity contribution in [1.29, 1.82) is 0 Å². The third-order valence-corrected chi connectivity index (χ3v) is 4.82. The number of hydrogen-bond acceptors (Lipinski definition) is 3. The summed E-state index contributed by atoms with van der Waals surface area (Å²) < 4.78 is 27.5. The minimum Gasteiger partial charge on any atom is -0.389 e. The van der Waals surface area contributed by atoms with Gasteiger partial charge in [-0.1, -0.05) is 30.4 Å². The highest BCUT2D eigenvalue weighted by Gasteiger charge is 2.15. The van der Waals surface area contributed by atoms with E-state index in [-0.39, 0.29) is 9.88 Å². The summed E-state index contributed by atoms with van der Waals surface area (Å²) in [6.07, 6.45) is 0. The van der Waals surface area contributed by atoms with E-state index < -0.39 is 10.0 Å². The predicted octanol–water partition coefficient (Wildman–Crippen LogP) is 2.88. The first kappa shape index (κ1) is 15.0. The van der Waals surface area contributed by atoms with Gasteiger partial charge in [0, 0.05) is 10.0 Å². The summed E-state index contributed by atoms with van der Waals surface area (Å²) >= 11 is 8.17. The summed E-state index contributed by atoms with van der Waals surface area (Å²) in [7, 11) is -3.61. The van der Waals surface area contributed by atoms with E-state index in [4.69, 9.17) is 18.0 Å². The van der Waals surface area contributed by atoms with Crippen molar-refractivity contribution in [3.63, 3.8) is 0 Å². The van der Waals surface area contributed by atoms with E-state index in [1.807, 2.05) is 0 Å². The molecule has 2 aromatic rings. The minimum absolute atomic E-state index is 0.199. The van der Waals surface area contributed by atoms with E-state index >= 15 is 0 Å². The summed E-state index contributed by atoms with van der Waals surface area (Å²) in [5.74, 6) is 0. The molecule has 0 aliphatic heterocycles. The first-order valence-electron chi connectivity index (χ1n) is 5.57. The standard InChI is InChI=1S/C13H11BrN2O2S2/c14-11-8-9(13(15)19)6-7-12(11)16-20(17,18)10-4-2-1-3-5-10/h1-8,16H,(H2,15,19). The van der Waals surface area contributed by atoms with E-state index in [1.54, 1.807) is 36.4 Å². The first-order chi connectivity index (χ1) is 9.40. The van der Waals surface area contributed by atoms with E-state index in [2.05, 4.69) is 20.7 Å². The van der Waals surface area contributed by atoms with Gasteiger partial charge in [0.15, 0.2) is 0 Å². The molecule has 4 nitrogen and oxygen atoms in total. The molecule has 0 spiro atoms. The molecule has 2 rings (SSSR count). The van der Waals surface area contributed by atoms with Crippen molar-refractivity contribution in [2.24, 2.45) is 5.73 Å². The molecule has 0 atom stereocenters. The third-order valence-electron chi connectivity index (χ3n) is 2.55. The molecule has 0 amide bonds. The van der Waals surface area contributed by atoms with Crippen molar-refractivity contribution in [2.45, 2.75) is 4.90 Å². The van der Waals surface area contributed by atoms with Crippen LogP contribution in [0.2, 0.25) is 0 Å². The van der Waals surface area contributed by atoms with Crippen LogP contribution in [0.15, 0.2) is 57.9 Å². The summed E-state index contributed by atoms with van der Waals surface area (Å²) in [6, 6.07) is 13.1. The molecule has 0 fully saturated rings. The van der Waals surface area contributed by atoms with Crippen LogP contribution in [-0.4, -0.2) is 13.4 Å². The van der Waals surface area contributed by atoms with Crippen LogP contribution in [0.1, 0.15) is 5.56 Å². The molecule has 2 aromatic carbocycles. The first-order valence-corrected chi connectivity index (χ1v) is 8.26. The number of hydrogen-bond donors (Lipinski definition) is 2. The predicted molar refractivity (Wildman–Crippen MR) is 87.3 cm³/mol. The quantitative estimate of drug-likeness (QED) is 0.811. The summed E-state index contributed by atoms with van der Waals surface area (Å²) in [5.41, 5.74) is 6.61. The van der Waals surface area contributed by atoms with Gasteiger partial charge in [-0.15, -0.1) is 0 Å². The third kappa shape index (κ3) is 3.36. The number of nitrogens with two attached hydrogens (primary N) is 1. The van der Waals surface area contributed by atoms with Gasteiger partial charge in [-0.05, 0) is 46.3 Å². The maximum absolute atomic E-state index is 12.2. The highest BCUT2D eigenvalue weighted by molar-refractivity contribution is 9.10. The van der Waals surface area contributed by atoms with Crippen molar-refractivity contribution >= 4 is 48.8 Å². The van der Waals surface area contributed by atoms with Gasteiger partial charge in [-0.3, -0.25) is 4.72 Å². The Kier molecular flexibility index (Phi) is 4.42. The molecule has 0 saturated carbocycles. The lowest BCUT2D eigenvalue weighted by Crippen LogP contribution is -2.14. The van der Waals surface area contributed by atoms with Gasteiger partial charge in [-0.2, -0.15) is 0 Å². The maximum Gasteiger partial charge on any atom is 0.261 e. The Morgan fingerprint density at radius 2 is 1.80 bits per heavy atom. The Hall–Kier alpha value is -1.44. The average molecular weight is 371 g/mol. The van der Waals surface area contributed by atoms with Gasteiger partial charge in [0.2, 0.25) is 0 Å². The zero-order valence-electron chi connectivity index (χ0n) is 10.2. The number of thiocarbonyl (C=S) groups is 1. The number of benzene rings is 2. The topological polar surface area (TPSA) is 72.2 Å².